The Labute approximate surface area is 143 Å². The third-order valence-corrected chi connectivity index (χ3v) is 5.45. The molecule has 1 aromatic carbocycles. The minimum atomic E-state index is 0.292. The number of carbonyl (C=O) groups excluding carboxylic acids is 1. The average Bonchev–Trinajstić information content (AvgIpc) is 3.05. The Morgan fingerprint density at radius 3 is 2.58 bits per heavy atom. The van der Waals surface area contributed by atoms with Crippen LogP contribution in [0, 0.1) is 5.92 Å². The molecule has 0 spiro atoms. The molecule has 1 aromatic heterocycles. The lowest BCUT2D eigenvalue weighted by Gasteiger charge is -2.36. The van der Waals surface area contributed by atoms with Crippen molar-refractivity contribution in [3.05, 3.63) is 30.1 Å². The smallest absolute Gasteiger partial charge is 0.225 e. The Balaban J connectivity index is 1.31. The molecule has 1 amide bonds. The quantitative estimate of drug-likeness (QED) is 0.943. The van der Waals surface area contributed by atoms with Crippen molar-refractivity contribution in [1.29, 1.82) is 0 Å². The number of amides is 1. The number of para-hydroxylation sites is 2. The second-order valence-electron chi connectivity index (χ2n) is 7.14. The first-order valence-corrected chi connectivity index (χ1v) is 9.24. The molecule has 4 rings (SSSR count). The Bertz CT molecular complexity index is 663. The standard InChI is InChI=1S/C19H26N4O/c24-19(15-6-2-1-3-7-15)23-12-10-22(11-13-23)14-18-20-16-8-4-5-9-17(16)21-18/h4-5,8-9,15H,1-3,6-7,10-14H2,(H,20,21). The van der Waals surface area contributed by atoms with Crippen molar-refractivity contribution in [1.82, 2.24) is 19.8 Å². The number of nitrogens with one attached hydrogen (secondary N) is 1. The van der Waals surface area contributed by atoms with E-state index >= 15 is 0 Å². The van der Waals surface area contributed by atoms with Gasteiger partial charge in [-0.05, 0) is 25.0 Å². The molecule has 1 aliphatic heterocycles. The zero-order chi connectivity index (χ0) is 16.4. The highest BCUT2D eigenvalue weighted by Crippen LogP contribution is 2.26. The summed E-state index contributed by atoms with van der Waals surface area (Å²) in [6.45, 7) is 4.43. The van der Waals surface area contributed by atoms with E-state index in [1.807, 2.05) is 18.2 Å². The highest BCUT2D eigenvalue weighted by Gasteiger charge is 2.28. The summed E-state index contributed by atoms with van der Waals surface area (Å²) in [5.41, 5.74) is 2.12. The van der Waals surface area contributed by atoms with E-state index in [9.17, 15) is 4.79 Å². The topological polar surface area (TPSA) is 52.2 Å². The molecule has 1 saturated heterocycles. The summed E-state index contributed by atoms with van der Waals surface area (Å²) in [4.78, 5) is 25.2. The zero-order valence-corrected chi connectivity index (χ0v) is 14.2. The molecule has 1 N–H and O–H groups in total. The molecule has 0 radical (unpaired) electrons. The number of imidazole rings is 1. The number of nitrogens with zero attached hydrogens (tertiary/aromatic N) is 3. The second kappa shape index (κ2) is 6.93. The molecule has 1 aliphatic carbocycles. The van der Waals surface area contributed by atoms with Gasteiger partial charge in [0.2, 0.25) is 5.91 Å². The van der Waals surface area contributed by atoms with Crippen LogP contribution in [0.4, 0.5) is 0 Å². The third kappa shape index (κ3) is 3.31. The van der Waals surface area contributed by atoms with E-state index in [1.165, 1.54) is 19.3 Å². The van der Waals surface area contributed by atoms with Gasteiger partial charge in [-0.25, -0.2) is 4.98 Å². The van der Waals surface area contributed by atoms with Gasteiger partial charge in [0.15, 0.2) is 0 Å². The summed E-state index contributed by atoms with van der Waals surface area (Å²) in [6.07, 6.45) is 5.94. The summed E-state index contributed by atoms with van der Waals surface area (Å²) < 4.78 is 0. The van der Waals surface area contributed by atoms with Crippen LogP contribution >= 0.6 is 0 Å². The number of benzene rings is 1. The van der Waals surface area contributed by atoms with E-state index in [0.717, 1.165) is 62.4 Å². The van der Waals surface area contributed by atoms with Gasteiger partial charge in [-0.1, -0.05) is 31.4 Å². The van der Waals surface area contributed by atoms with Crippen LogP contribution in [0.1, 0.15) is 37.9 Å². The lowest BCUT2D eigenvalue weighted by molar-refractivity contribution is -0.138. The summed E-state index contributed by atoms with van der Waals surface area (Å²) in [6, 6.07) is 8.14. The zero-order valence-electron chi connectivity index (χ0n) is 14.2. The molecular weight excluding hydrogens is 300 g/mol. The number of hydrogen-bond acceptors (Lipinski definition) is 3. The molecule has 0 atom stereocenters. The van der Waals surface area contributed by atoms with E-state index in [4.69, 9.17) is 0 Å². The van der Waals surface area contributed by atoms with Crippen molar-refractivity contribution >= 4 is 16.9 Å². The van der Waals surface area contributed by atoms with Crippen molar-refractivity contribution in [3.8, 4) is 0 Å². The molecule has 5 nitrogen and oxygen atoms in total. The van der Waals surface area contributed by atoms with Gasteiger partial charge in [-0.2, -0.15) is 0 Å². The fraction of sp³-hybridized carbons (Fsp3) is 0.579. The van der Waals surface area contributed by atoms with Gasteiger partial charge in [0.1, 0.15) is 5.82 Å². The summed E-state index contributed by atoms with van der Waals surface area (Å²) >= 11 is 0. The predicted octanol–water partition coefficient (Wildman–Crippen LogP) is 2.79. The van der Waals surface area contributed by atoms with Crippen LogP contribution in [0.3, 0.4) is 0 Å². The molecule has 24 heavy (non-hydrogen) atoms. The molecule has 2 fully saturated rings. The Hall–Kier alpha value is -1.88. The highest BCUT2D eigenvalue weighted by atomic mass is 16.2. The van der Waals surface area contributed by atoms with Crippen LogP contribution in [-0.2, 0) is 11.3 Å². The van der Waals surface area contributed by atoms with Crippen molar-refractivity contribution < 1.29 is 4.79 Å². The van der Waals surface area contributed by atoms with Crippen LogP contribution in [0.25, 0.3) is 11.0 Å². The van der Waals surface area contributed by atoms with E-state index in [0.29, 0.717) is 11.8 Å². The van der Waals surface area contributed by atoms with Gasteiger partial charge in [-0.15, -0.1) is 0 Å². The third-order valence-electron chi connectivity index (χ3n) is 5.45. The Morgan fingerprint density at radius 2 is 1.83 bits per heavy atom. The fourth-order valence-electron chi connectivity index (χ4n) is 4.03. The first-order valence-electron chi connectivity index (χ1n) is 9.24. The molecular formula is C19H26N4O. The SMILES string of the molecule is O=C(C1CCCCC1)N1CCN(Cc2nc3ccccc3[nH]2)CC1. The number of piperazine rings is 1. The van der Waals surface area contributed by atoms with Gasteiger partial charge in [0.05, 0.1) is 17.6 Å². The normalized spacial score (nSPS) is 20.6. The Kier molecular flexibility index (Phi) is 4.52. The number of aromatic amines is 1. The predicted molar refractivity (Wildman–Crippen MR) is 94.5 cm³/mol. The minimum Gasteiger partial charge on any atom is -0.341 e. The molecule has 0 bridgehead atoms. The number of fused-ring (bicyclic) bond motifs is 1. The van der Waals surface area contributed by atoms with Crippen molar-refractivity contribution in [3.63, 3.8) is 0 Å². The van der Waals surface area contributed by atoms with E-state index in [1.54, 1.807) is 0 Å². The van der Waals surface area contributed by atoms with Crippen LogP contribution in [0.2, 0.25) is 0 Å². The van der Waals surface area contributed by atoms with Gasteiger partial charge in [0.25, 0.3) is 0 Å². The van der Waals surface area contributed by atoms with Crippen molar-refractivity contribution in [2.75, 3.05) is 26.2 Å². The number of H-pyrrole nitrogens is 1. The van der Waals surface area contributed by atoms with Gasteiger partial charge in [0, 0.05) is 32.1 Å². The van der Waals surface area contributed by atoms with Gasteiger partial charge >= 0.3 is 0 Å². The Morgan fingerprint density at radius 1 is 1.08 bits per heavy atom. The van der Waals surface area contributed by atoms with Crippen molar-refractivity contribution in [2.24, 2.45) is 5.92 Å². The van der Waals surface area contributed by atoms with Crippen LogP contribution in [0.5, 0.6) is 0 Å². The number of rotatable bonds is 3. The van der Waals surface area contributed by atoms with Crippen molar-refractivity contribution in [2.45, 2.75) is 38.6 Å². The largest absolute Gasteiger partial charge is 0.341 e. The monoisotopic (exact) mass is 326 g/mol. The van der Waals surface area contributed by atoms with E-state index in [-0.39, 0.29) is 0 Å². The average molecular weight is 326 g/mol. The van der Waals surface area contributed by atoms with Gasteiger partial charge in [-0.3, -0.25) is 9.69 Å². The number of carbonyl (C=O) groups is 1. The molecule has 128 valence electrons. The molecule has 2 heterocycles. The maximum Gasteiger partial charge on any atom is 0.225 e. The number of hydrogen-bond donors (Lipinski definition) is 1. The first-order chi connectivity index (χ1) is 11.8. The summed E-state index contributed by atoms with van der Waals surface area (Å²) in [5, 5.41) is 0. The lowest BCUT2D eigenvalue weighted by atomic mass is 9.88. The molecule has 1 saturated carbocycles. The fourth-order valence-corrected chi connectivity index (χ4v) is 4.03. The number of aromatic nitrogens is 2. The van der Waals surface area contributed by atoms with E-state index < -0.39 is 0 Å². The van der Waals surface area contributed by atoms with Crippen LogP contribution in [-0.4, -0.2) is 51.9 Å². The maximum atomic E-state index is 12.6. The summed E-state index contributed by atoms with van der Waals surface area (Å²) in [7, 11) is 0. The van der Waals surface area contributed by atoms with Crippen LogP contribution < -0.4 is 0 Å². The maximum absolute atomic E-state index is 12.6. The second-order valence-corrected chi connectivity index (χ2v) is 7.14. The van der Waals surface area contributed by atoms with Crippen LogP contribution in [0.15, 0.2) is 24.3 Å². The first kappa shape index (κ1) is 15.6. The molecule has 2 aliphatic rings. The lowest BCUT2D eigenvalue weighted by Crippen LogP contribution is -2.50. The molecule has 0 unspecified atom stereocenters. The molecule has 2 aromatic rings. The highest BCUT2D eigenvalue weighted by molar-refractivity contribution is 5.79. The van der Waals surface area contributed by atoms with Gasteiger partial charge < -0.3 is 9.88 Å². The summed E-state index contributed by atoms with van der Waals surface area (Å²) in [5.74, 6) is 1.71. The molecule has 5 heteroatoms. The minimum absolute atomic E-state index is 0.292. The van der Waals surface area contributed by atoms with E-state index in [2.05, 4.69) is 25.8 Å².